The predicted octanol–water partition coefficient (Wildman–Crippen LogP) is 2.55. The molecule has 0 aliphatic carbocycles. The molecule has 0 spiro atoms. The fourth-order valence-corrected chi connectivity index (χ4v) is 1.98. The summed E-state index contributed by atoms with van der Waals surface area (Å²) in [6.45, 7) is 9.01. The van der Waals surface area contributed by atoms with Crippen molar-refractivity contribution < 1.29 is 0 Å². The first-order chi connectivity index (χ1) is 7.07. The van der Waals surface area contributed by atoms with Gasteiger partial charge in [0, 0.05) is 0 Å². The molecule has 0 N–H and O–H groups in total. The van der Waals surface area contributed by atoms with Crippen LogP contribution in [0.1, 0.15) is 20.8 Å². The van der Waals surface area contributed by atoms with E-state index in [9.17, 15) is 0 Å². The summed E-state index contributed by atoms with van der Waals surface area (Å²) in [5.41, 5.74) is 0. The normalized spacial score (nSPS) is 11.8. The van der Waals surface area contributed by atoms with Gasteiger partial charge in [-0.1, -0.05) is 0 Å². The van der Waals surface area contributed by atoms with Crippen LogP contribution in [-0.4, -0.2) is 34.6 Å². The lowest BCUT2D eigenvalue weighted by Gasteiger charge is -2.32. The molecule has 1 aromatic rings. The van der Waals surface area contributed by atoms with Crippen molar-refractivity contribution in [3.63, 3.8) is 0 Å². The van der Waals surface area contributed by atoms with Gasteiger partial charge in [0.2, 0.25) is 10.6 Å². The van der Waals surface area contributed by atoms with E-state index in [2.05, 4.69) is 35.7 Å². The van der Waals surface area contributed by atoms with Gasteiger partial charge in [0.25, 0.3) is 0 Å². The largest absolute Gasteiger partial charge is 0.334 e. The summed E-state index contributed by atoms with van der Waals surface area (Å²) in [4.78, 5) is 12.0. The fourth-order valence-electron chi connectivity index (χ4n) is 1.62. The zero-order valence-corrected chi connectivity index (χ0v) is 10.7. The summed E-state index contributed by atoms with van der Waals surface area (Å²) in [5, 5.41) is 0.311. The minimum absolute atomic E-state index is 0.155. The number of rotatable bonds is 4. The Balaban J connectivity index is 3.22. The molecule has 0 fully saturated rings. The monoisotopic (exact) mass is 249 g/mol. The van der Waals surface area contributed by atoms with E-state index in [0.29, 0.717) is 10.4 Å². The van der Waals surface area contributed by atoms with Crippen LogP contribution in [0.25, 0.3) is 0 Å². The van der Waals surface area contributed by atoms with Crippen LogP contribution >= 0.6 is 23.2 Å². The molecule has 0 saturated carbocycles. The van der Waals surface area contributed by atoms with Crippen molar-refractivity contribution in [2.75, 3.05) is 19.6 Å². The summed E-state index contributed by atoms with van der Waals surface area (Å²) in [6.07, 6.45) is 0. The van der Waals surface area contributed by atoms with Gasteiger partial charge in [-0.25, -0.2) is 0 Å². The molecule has 1 heterocycles. The maximum Gasteiger partial charge on any atom is 0.334 e. The van der Waals surface area contributed by atoms with Crippen molar-refractivity contribution in [1.29, 1.82) is 0 Å². The Morgan fingerprint density at radius 2 is 1.27 bits per heavy atom. The first kappa shape index (κ1) is 12.6. The molecule has 0 aliphatic heterocycles. The van der Waals surface area contributed by atoms with Gasteiger partial charge < -0.3 is 0 Å². The first-order valence-corrected chi connectivity index (χ1v) is 5.77. The lowest BCUT2D eigenvalue weighted by atomic mass is 10.4. The van der Waals surface area contributed by atoms with Crippen molar-refractivity contribution in [3.05, 3.63) is 10.6 Å². The van der Waals surface area contributed by atoms with E-state index in [1.807, 2.05) is 0 Å². The zero-order chi connectivity index (χ0) is 11.5. The molecule has 4 nitrogen and oxygen atoms in total. The Morgan fingerprint density at radius 1 is 0.867 bits per heavy atom. The van der Waals surface area contributed by atoms with E-state index < -0.39 is 0 Å². The Labute approximate surface area is 99.9 Å². The highest BCUT2D eigenvalue weighted by molar-refractivity contribution is 6.31. The van der Waals surface area contributed by atoms with Crippen LogP contribution in [0.15, 0.2) is 0 Å². The highest BCUT2D eigenvalue weighted by Gasteiger charge is 2.29. The average Bonchev–Trinajstić information content (AvgIpc) is 2.20. The molecule has 0 radical (unpaired) electrons. The third-order valence-electron chi connectivity index (χ3n) is 2.81. The molecule has 0 amide bonds. The summed E-state index contributed by atoms with van der Waals surface area (Å²) in [7, 11) is 0. The third kappa shape index (κ3) is 2.56. The van der Waals surface area contributed by atoms with Crippen molar-refractivity contribution in [1.82, 2.24) is 19.4 Å². The molecule has 0 saturated heterocycles. The molecule has 15 heavy (non-hydrogen) atoms. The lowest BCUT2D eigenvalue weighted by molar-refractivity contribution is 0.298. The molecule has 84 valence electrons. The topological polar surface area (TPSA) is 38.7 Å². The van der Waals surface area contributed by atoms with Crippen LogP contribution in [0.5, 0.6) is 0 Å². The maximum atomic E-state index is 5.77. The van der Waals surface area contributed by atoms with Gasteiger partial charge in [-0.3, -0.25) is 4.48 Å². The van der Waals surface area contributed by atoms with Crippen LogP contribution in [0, 0.1) is 0 Å². The number of quaternary nitrogens is 1. The number of hydrogen-bond acceptors (Lipinski definition) is 3. The minimum Gasteiger partial charge on any atom is -0.258 e. The SMILES string of the molecule is CC[N+](CC)(CC)c1nc(Cl)nc(Cl)n1. The highest BCUT2D eigenvalue weighted by atomic mass is 35.5. The first-order valence-electron chi connectivity index (χ1n) is 5.01. The Bertz CT molecular complexity index is 310. The summed E-state index contributed by atoms with van der Waals surface area (Å²) in [5.74, 6) is 0.646. The van der Waals surface area contributed by atoms with Gasteiger partial charge in [0.05, 0.1) is 19.6 Å². The standard InChI is InChI=1S/C9H15Cl2N4/c1-4-15(5-2,6-3)9-13-7(10)12-8(11)14-9/h4-6H2,1-3H3/q+1. The third-order valence-corrected chi connectivity index (χ3v) is 3.15. The Morgan fingerprint density at radius 3 is 1.60 bits per heavy atom. The fraction of sp³-hybridized carbons (Fsp3) is 0.667. The Hall–Kier alpha value is -0.450. The van der Waals surface area contributed by atoms with Gasteiger partial charge in [-0.05, 0) is 44.0 Å². The van der Waals surface area contributed by atoms with E-state index in [4.69, 9.17) is 23.2 Å². The van der Waals surface area contributed by atoms with Crippen molar-refractivity contribution in [2.24, 2.45) is 0 Å². The summed E-state index contributed by atoms with van der Waals surface area (Å²) >= 11 is 11.5. The number of nitrogens with zero attached hydrogens (tertiary/aromatic N) is 4. The van der Waals surface area contributed by atoms with Gasteiger partial charge >= 0.3 is 5.95 Å². The second kappa shape index (κ2) is 5.05. The van der Waals surface area contributed by atoms with Crippen LogP contribution in [0.4, 0.5) is 5.95 Å². The van der Waals surface area contributed by atoms with E-state index in [1.165, 1.54) is 0 Å². The second-order valence-electron chi connectivity index (χ2n) is 3.27. The maximum absolute atomic E-state index is 5.77. The van der Waals surface area contributed by atoms with Gasteiger partial charge in [0.15, 0.2) is 0 Å². The van der Waals surface area contributed by atoms with Crippen LogP contribution < -0.4 is 4.48 Å². The zero-order valence-electron chi connectivity index (χ0n) is 9.17. The molecule has 1 rings (SSSR count). The van der Waals surface area contributed by atoms with Gasteiger partial charge in [0.1, 0.15) is 0 Å². The summed E-state index contributed by atoms with van der Waals surface area (Å²) < 4.78 is 0.669. The lowest BCUT2D eigenvalue weighted by Crippen LogP contribution is -2.50. The predicted molar refractivity (Wildman–Crippen MR) is 63.3 cm³/mol. The highest BCUT2D eigenvalue weighted by Crippen LogP contribution is 2.20. The molecular weight excluding hydrogens is 235 g/mol. The smallest absolute Gasteiger partial charge is 0.258 e. The number of halogens is 2. The minimum atomic E-state index is 0.155. The van der Waals surface area contributed by atoms with Crippen LogP contribution in [0.2, 0.25) is 10.6 Å². The van der Waals surface area contributed by atoms with E-state index >= 15 is 0 Å². The molecule has 0 aliphatic rings. The number of hydrogen-bond donors (Lipinski definition) is 0. The number of aromatic nitrogens is 3. The quantitative estimate of drug-likeness (QED) is 0.771. The van der Waals surface area contributed by atoms with Crippen molar-refractivity contribution >= 4 is 29.2 Å². The Kier molecular flexibility index (Phi) is 4.25. The summed E-state index contributed by atoms with van der Waals surface area (Å²) in [6, 6.07) is 0. The van der Waals surface area contributed by atoms with Gasteiger partial charge in [-0.2, -0.15) is 4.98 Å². The molecule has 0 atom stereocenters. The van der Waals surface area contributed by atoms with Crippen LogP contribution in [-0.2, 0) is 0 Å². The van der Waals surface area contributed by atoms with Gasteiger partial charge in [-0.15, -0.1) is 9.97 Å². The van der Waals surface area contributed by atoms with E-state index in [0.717, 1.165) is 19.6 Å². The molecular formula is C9H15Cl2N4+. The van der Waals surface area contributed by atoms with Crippen LogP contribution in [0.3, 0.4) is 0 Å². The van der Waals surface area contributed by atoms with Crippen molar-refractivity contribution in [3.8, 4) is 0 Å². The van der Waals surface area contributed by atoms with E-state index in [-0.39, 0.29) is 10.6 Å². The molecule has 0 aromatic carbocycles. The molecule has 0 unspecified atom stereocenters. The molecule has 0 bridgehead atoms. The van der Waals surface area contributed by atoms with Crippen molar-refractivity contribution in [2.45, 2.75) is 20.8 Å². The molecule has 1 aromatic heterocycles. The second-order valence-corrected chi connectivity index (χ2v) is 3.94. The van der Waals surface area contributed by atoms with E-state index in [1.54, 1.807) is 0 Å². The average molecular weight is 250 g/mol. The molecule has 6 heteroatoms.